The third-order valence-electron chi connectivity index (χ3n) is 4.46. The van der Waals surface area contributed by atoms with Crippen LogP contribution in [0.25, 0.3) is 10.9 Å². The summed E-state index contributed by atoms with van der Waals surface area (Å²) in [6, 6.07) is 9.58. The predicted octanol–water partition coefficient (Wildman–Crippen LogP) is 1.71. The molecule has 1 aromatic heterocycles. The molecule has 1 aromatic carbocycles. The number of fused-ring (bicyclic) bond motifs is 1. The number of hydrogen-bond donors (Lipinski definition) is 2. The number of amides is 2. The molecule has 1 fully saturated rings. The van der Waals surface area contributed by atoms with E-state index in [9.17, 15) is 14.4 Å². The minimum absolute atomic E-state index is 0.00454. The smallest absolute Gasteiger partial charge is 0.303 e. The number of nitrogens with one attached hydrogen (secondary N) is 1. The molecule has 1 saturated heterocycles. The number of carbonyl (C=O) groups is 3. The highest BCUT2D eigenvalue weighted by Gasteiger charge is 2.25. The summed E-state index contributed by atoms with van der Waals surface area (Å²) in [5.41, 5.74) is 1.49. The summed E-state index contributed by atoms with van der Waals surface area (Å²) in [7, 11) is 0. The molecule has 1 aliphatic rings. The lowest BCUT2D eigenvalue weighted by Crippen LogP contribution is -2.50. The molecule has 0 spiro atoms. The summed E-state index contributed by atoms with van der Waals surface area (Å²) < 4.78 is 0. The van der Waals surface area contributed by atoms with E-state index in [0.29, 0.717) is 38.3 Å². The van der Waals surface area contributed by atoms with Crippen molar-refractivity contribution in [1.82, 2.24) is 14.8 Å². The standard InChI is InChI=1S/C18H21N3O4/c22-16(6-3-7-17(23)24)20-8-10-21(11-9-20)18(25)15-12-13-4-1-2-5-14(13)19-15/h1-2,4-5,12,19H,3,6-11H2,(H,23,24). The number of aliphatic carboxylic acids is 1. The number of H-pyrrole nitrogens is 1. The summed E-state index contributed by atoms with van der Waals surface area (Å²) >= 11 is 0. The predicted molar refractivity (Wildman–Crippen MR) is 92.3 cm³/mol. The van der Waals surface area contributed by atoms with Crippen LogP contribution >= 0.6 is 0 Å². The van der Waals surface area contributed by atoms with Crippen molar-refractivity contribution in [1.29, 1.82) is 0 Å². The first-order valence-electron chi connectivity index (χ1n) is 8.41. The van der Waals surface area contributed by atoms with Crippen molar-refractivity contribution >= 4 is 28.7 Å². The number of piperazine rings is 1. The minimum Gasteiger partial charge on any atom is -0.481 e. The normalized spacial score (nSPS) is 14.7. The zero-order valence-corrected chi connectivity index (χ0v) is 13.9. The molecule has 1 aliphatic heterocycles. The lowest BCUT2D eigenvalue weighted by molar-refractivity contribution is -0.137. The van der Waals surface area contributed by atoms with Gasteiger partial charge in [0, 0.05) is 49.9 Å². The van der Waals surface area contributed by atoms with Crippen LogP contribution in [0, 0.1) is 0 Å². The maximum Gasteiger partial charge on any atom is 0.303 e. The van der Waals surface area contributed by atoms with Crippen LogP contribution in [0.4, 0.5) is 0 Å². The van der Waals surface area contributed by atoms with Crippen LogP contribution in [-0.4, -0.2) is 63.9 Å². The molecular formula is C18H21N3O4. The number of hydrogen-bond acceptors (Lipinski definition) is 3. The summed E-state index contributed by atoms with van der Waals surface area (Å²) in [5.74, 6) is -0.991. The van der Waals surface area contributed by atoms with E-state index in [1.54, 1.807) is 9.80 Å². The fourth-order valence-electron chi connectivity index (χ4n) is 3.07. The van der Waals surface area contributed by atoms with Gasteiger partial charge in [0.25, 0.3) is 5.91 Å². The maximum atomic E-state index is 12.6. The molecule has 0 unspecified atom stereocenters. The van der Waals surface area contributed by atoms with E-state index in [0.717, 1.165) is 10.9 Å². The Labute approximate surface area is 145 Å². The molecule has 0 saturated carbocycles. The van der Waals surface area contributed by atoms with Gasteiger partial charge in [-0.15, -0.1) is 0 Å². The summed E-state index contributed by atoms with van der Waals surface area (Å²) in [4.78, 5) is 41.8. The molecule has 0 radical (unpaired) electrons. The highest BCUT2D eigenvalue weighted by atomic mass is 16.4. The van der Waals surface area contributed by atoms with E-state index in [4.69, 9.17) is 5.11 Å². The molecule has 2 heterocycles. The topological polar surface area (TPSA) is 93.7 Å². The van der Waals surface area contributed by atoms with E-state index in [-0.39, 0.29) is 24.7 Å². The van der Waals surface area contributed by atoms with Gasteiger partial charge in [-0.2, -0.15) is 0 Å². The van der Waals surface area contributed by atoms with Gasteiger partial charge < -0.3 is 19.9 Å². The van der Waals surface area contributed by atoms with E-state index < -0.39 is 5.97 Å². The Morgan fingerprint density at radius 3 is 2.36 bits per heavy atom. The van der Waals surface area contributed by atoms with E-state index in [1.165, 1.54) is 0 Å². The Balaban J connectivity index is 1.53. The fraction of sp³-hybridized carbons (Fsp3) is 0.389. The van der Waals surface area contributed by atoms with Crippen LogP contribution in [-0.2, 0) is 9.59 Å². The summed E-state index contributed by atoms with van der Waals surface area (Å²) in [6.45, 7) is 1.94. The molecule has 0 bridgehead atoms. The van der Waals surface area contributed by atoms with Gasteiger partial charge >= 0.3 is 5.97 Å². The molecule has 0 atom stereocenters. The first-order valence-corrected chi connectivity index (χ1v) is 8.41. The first kappa shape index (κ1) is 17.0. The van der Waals surface area contributed by atoms with Crippen LogP contribution in [0.3, 0.4) is 0 Å². The van der Waals surface area contributed by atoms with Crippen LogP contribution in [0.15, 0.2) is 30.3 Å². The number of carboxylic acid groups (broad SMARTS) is 1. The number of aromatic amines is 1. The molecule has 7 nitrogen and oxygen atoms in total. The largest absolute Gasteiger partial charge is 0.481 e. The van der Waals surface area contributed by atoms with Gasteiger partial charge in [0.1, 0.15) is 5.69 Å². The van der Waals surface area contributed by atoms with Crippen molar-refractivity contribution in [2.45, 2.75) is 19.3 Å². The van der Waals surface area contributed by atoms with Crippen LogP contribution < -0.4 is 0 Å². The quantitative estimate of drug-likeness (QED) is 0.864. The van der Waals surface area contributed by atoms with Crippen molar-refractivity contribution in [2.24, 2.45) is 0 Å². The second kappa shape index (κ2) is 7.38. The average Bonchev–Trinajstić information content (AvgIpc) is 3.05. The number of nitrogens with zero attached hydrogens (tertiary/aromatic N) is 2. The van der Waals surface area contributed by atoms with Gasteiger partial charge in [-0.1, -0.05) is 18.2 Å². The molecule has 7 heteroatoms. The van der Waals surface area contributed by atoms with Crippen molar-refractivity contribution in [3.05, 3.63) is 36.0 Å². The molecule has 2 amide bonds. The number of rotatable bonds is 5. The number of carbonyl (C=O) groups excluding carboxylic acids is 2. The molecule has 2 aromatic rings. The molecule has 0 aliphatic carbocycles. The average molecular weight is 343 g/mol. The van der Waals surface area contributed by atoms with Gasteiger partial charge in [0.2, 0.25) is 5.91 Å². The number of benzene rings is 1. The van der Waals surface area contributed by atoms with Gasteiger partial charge in [-0.3, -0.25) is 14.4 Å². The van der Waals surface area contributed by atoms with Crippen LogP contribution in [0.2, 0.25) is 0 Å². The van der Waals surface area contributed by atoms with Gasteiger partial charge in [0.05, 0.1) is 0 Å². The Bertz CT molecular complexity index is 757. The Kier molecular flexibility index (Phi) is 5.02. The zero-order chi connectivity index (χ0) is 17.8. The number of para-hydroxylation sites is 1. The van der Waals surface area contributed by atoms with E-state index in [2.05, 4.69) is 4.98 Å². The molecule has 25 heavy (non-hydrogen) atoms. The zero-order valence-electron chi connectivity index (χ0n) is 13.9. The monoisotopic (exact) mass is 343 g/mol. The van der Waals surface area contributed by atoms with Crippen molar-refractivity contribution in [3.63, 3.8) is 0 Å². The SMILES string of the molecule is O=C(O)CCCC(=O)N1CCN(C(=O)c2cc3ccccc3[nH]2)CC1. The maximum absolute atomic E-state index is 12.6. The Morgan fingerprint density at radius 1 is 1.00 bits per heavy atom. The number of carboxylic acids is 1. The highest BCUT2D eigenvalue weighted by Crippen LogP contribution is 2.17. The van der Waals surface area contributed by atoms with Crippen molar-refractivity contribution in [2.75, 3.05) is 26.2 Å². The number of aromatic nitrogens is 1. The van der Waals surface area contributed by atoms with E-state index in [1.807, 2.05) is 30.3 Å². The molecule has 132 valence electrons. The minimum atomic E-state index is -0.887. The lowest BCUT2D eigenvalue weighted by Gasteiger charge is -2.34. The molecule has 3 rings (SSSR count). The summed E-state index contributed by atoms with van der Waals surface area (Å²) in [6.07, 6.45) is 0.592. The lowest BCUT2D eigenvalue weighted by atomic mass is 10.2. The van der Waals surface area contributed by atoms with Gasteiger partial charge in [-0.05, 0) is 18.6 Å². The molecule has 2 N–H and O–H groups in total. The van der Waals surface area contributed by atoms with E-state index >= 15 is 0 Å². The second-order valence-corrected chi connectivity index (χ2v) is 6.19. The second-order valence-electron chi connectivity index (χ2n) is 6.19. The molecular weight excluding hydrogens is 322 g/mol. The Hall–Kier alpha value is -2.83. The van der Waals surface area contributed by atoms with Gasteiger partial charge in [0.15, 0.2) is 0 Å². The van der Waals surface area contributed by atoms with Crippen LogP contribution in [0.5, 0.6) is 0 Å². The third-order valence-corrected chi connectivity index (χ3v) is 4.46. The third kappa shape index (κ3) is 3.99. The fourth-order valence-corrected chi connectivity index (χ4v) is 3.07. The highest BCUT2D eigenvalue weighted by molar-refractivity contribution is 5.98. The van der Waals surface area contributed by atoms with Crippen molar-refractivity contribution in [3.8, 4) is 0 Å². The van der Waals surface area contributed by atoms with Gasteiger partial charge in [-0.25, -0.2) is 0 Å². The Morgan fingerprint density at radius 2 is 1.68 bits per heavy atom. The van der Waals surface area contributed by atoms with Crippen LogP contribution in [0.1, 0.15) is 29.8 Å². The van der Waals surface area contributed by atoms with Crippen molar-refractivity contribution < 1.29 is 19.5 Å². The summed E-state index contributed by atoms with van der Waals surface area (Å²) in [5, 5.41) is 9.62. The first-order chi connectivity index (χ1) is 12.0.